The van der Waals surface area contributed by atoms with Crippen molar-refractivity contribution in [2.24, 2.45) is 0 Å². The van der Waals surface area contributed by atoms with Gasteiger partial charge in [0.05, 0.1) is 18.6 Å². The number of ether oxygens (including phenoxy) is 1. The van der Waals surface area contributed by atoms with Gasteiger partial charge in [0.25, 0.3) is 0 Å². The molecule has 2 aromatic carbocycles. The van der Waals surface area contributed by atoms with Crippen molar-refractivity contribution in [2.45, 2.75) is 18.4 Å². The van der Waals surface area contributed by atoms with E-state index >= 15 is 0 Å². The van der Waals surface area contributed by atoms with E-state index in [2.05, 4.69) is 0 Å². The number of methoxy groups -OCH3 is 1. The van der Waals surface area contributed by atoms with Crippen LogP contribution < -0.4 is 4.74 Å². The topological polar surface area (TPSA) is 66.9 Å². The molecule has 6 nitrogen and oxygen atoms in total. The van der Waals surface area contributed by atoms with Gasteiger partial charge < -0.3 is 9.64 Å². The van der Waals surface area contributed by atoms with Crippen molar-refractivity contribution in [3.8, 4) is 5.75 Å². The summed E-state index contributed by atoms with van der Waals surface area (Å²) in [5.41, 5.74) is 0.912. The van der Waals surface area contributed by atoms with Gasteiger partial charge in [-0.2, -0.15) is 4.31 Å². The highest BCUT2D eigenvalue weighted by Crippen LogP contribution is 2.16. The first-order valence-corrected chi connectivity index (χ1v) is 9.84. The van der Waals surface area contributed by atoms with Crippen LogP contribution in [-0.2, 0) is 21.4 Å². The predicted molar refractivity (Wildman–Crippen MR) is 100 cm³/mol. The normalized spacial score (nSPS) is 11.4. The van der Waals surface area contributed by atoms with Crippen LogP contribution in [0.2, 0.25) is 0 Å². The van der Waals surface area contributed by atoms with Gasteiger partial charge in [-0.25, -0.2) is 12.8 Å². The Morgan fingerprint density at radius 3 is 2.19 bits per heavy atom. The Labute approximate surface area is 159 Å². The first kappa shape index (κ1) is 20.9. The summed E-state index contributed by atoms with van der Waals surface area (Å²) >= 11 is 0. The molecule has 27 heavy (non-hydrogen) atoms. The molecule has 0 unspecified atom stereocenters. The van der Waals surface area contributed by atoms with E-state index in [1.165, 1.54) is 19.2 Å². The number of halogens is 1. The minimum Gasteiger partial charge on any atom is -0.497 e. The maximum atomic E-state index is 13.0. The Bertz CT molecular complexity index is 868. The van der Waals surface area contributed by atoms with Crippen LogP contribution >= 0.6 is 0 Å². The molecular formula is C19H23FN2O4S. The molecule has 0 radical (unpaired) electrons. The highest BCUT2D eigenvalue weighted by Gasteiger charge is 2.25. The van der Waals surface area contributed by atoms with E-state index < -0.39 is 15.8 Å². The maximum Gasteiger partial charge on any atom is 0.243 e. The van der Waals surface area contributed by atoms with Gasteiger partial charge in [-0.3, -0.25) is 4.79 Å². The van der Waals surface area contributed by atoms with Crippen LogP contribution in [0.4, 0.5) is 4.39 Å². The van der Waals surface area contributed by atoms with Gasteiger partial charge >= 0.3 is 0 Å². The molecule has 2 aromatic rings. The van der Waals surface area contributed by atoms with E-state index in [1.54, 1.807) is 24.1 Å². The summed E-state index contributed by atoms with van der Waals surface area (Å²) in [4.78, 5) is 14.1. The molecule has 8 heteroatoms. The molecule has 0 saturated heterocycles. The third kappa shape index (κ3) is 5.27. The first-order valence-electron chi connectivity index (χ1n) is 8.40. The minimum atomic E-state index is -3.87. The molecule has 0 aromatic heterocycles. The third-order valence-electron chi connectivity index (χ3n) is 4.15. The van der Waals surface area contributed by atoms with Crippen molar-refractivity contribution in [3.05, 3.63) is 59.9 Å². The zero-order chi connectivity index (χ0) is 20.0. The Balaban J connectivity index is 2.07. The highest BCUT2D eigenvalue weighted by atomic mass is 32.2. The summed E-state index contributed by atoms with van der Waals surface area (Å²) in [6.07, 6.45) is 0. The molecule has 0 aliphatic carbocycles. The van der Waals surface area contributed by atoms with Gasteiger partial charge in [-0.05, 0) is 48.9 Å². The number of likely N-dealkylation sites (N-methyl/N-ethyl adjacent to an activating group) is 2. The average Bonchev–Trinajstić information content (AvgIpc) is 2.66. The number of sulfonamides is 1. The maximum absolute atomic E-state index is 13.0. The monoisotopic (exact) mass is 394 g/mol. The molecule has 0 heterocycles. The number of carbonyl (C=O) groups excluding carboxylic acids is 1. The number of hydrogen-bond donors (Lipinski definition) is 0. The number of amides is 1. The predicted octanol–water partition coefficient (Wildman–Crippen LogP) is 2.50. The molecule has 0 aliphatic heterocycles. The fourth-order valence-corrected chi connectivity index (χ4v) is 3.61. The van der Waals surface area contributed by atoms with E-state index in [0.717, 1.165) is 27.8 Å². The molecule has 0 bridgehead atoms. The second-order valence-electron chi connectivity index (χ2n) is 5.97. The lowest BCUT2D eigenvalue weighted by molar-refractivity contribution is -0.131. The van der Waals surface area contributed by atoms with Crippen molar-refractivity contribution in [1.29, 1.82) is 0 Å². The fourth-order valence-electron chi connectivity index (χ4n) is 2.49. The van der Waals surface area contributed by atoms with E-state index in [1.807, 2.05) is 19.1 Å². The molecule has 1 amide bonds. The van der Waals surface area contributed by atoms with Gasteiger partial charge in [0.2, 0.25) is 15.9 Å². The highest BCUT2D eigenvalue weighted by molar-refractivity contribution is 7.89. The summed E-state index contributed by atoms with van der Waals surface area (Å²) in [6, 6.07) is 11.8. The number of benzene rings is 2. The molecule has 0 spiro atoms. The quantitative estimate of drug-likeness (QED) is 0.690. The fraction of sp³-hybridized carbons (Fsp3) is 0.316. The van der Waals surface area contributed by atoms with E-state index in [-0.39, 0.29) is 17.3 Å². The van der Waals surface area contributed by atoms with Gasteiger partial charge in [0.15, 0.2) is 0 Å². The molecule has 0 atom stereocenters. The van der Waals surface area contributed by atoms with Crippen molar-refractivity contribution in [1.82, 2.24) is 9.21 Å². The van der Waals surface area contributed by atoms with Crippen molar-refractivity contribution in [2.75, 3.05) is 27.2 Å². The number of carbonyl (C=O) groups is 1. The summed E-state index contributed by atoms with van der Waals surface area (Å²) in [5.74, 6) is -0.121. The lowest BCUT2D eigenvalue weighted by atomic mass is 10.2. The summed E-state index contributed by atoms with van der Waals surface area (Å²) in [7, 11) is -0.963. The van der Waals surface area contributed by atoms with Crippen LogP contribution in [-0.4, -0.2) is 50.8 Å². The second kappa shape index (κ2) is 8.96. The van der Waals surface area contributed by atoms with Crippen molar-refractivity contribution < 1.29 is 22.3 Å². The number of nitrogens with zero attached hydrogens (tertiary/aromatic N) is 2. The zero-order valence-corrected chi connectivity index (χ0v) is 16.4. The molecule has 0 N–H and O–H groups in total. The van der Waals surface area contributed by atoms with Crippen molar-refractivity contribution in [3.63, 3.8) is 0 Å². The third-order valence-corrected chi connectivity index (χ3v) is 5.96. The summed E-state index contributed by atoms with van der Waals surface area (Å²) in [6.45, 7) is 2.33. The first-order chi connectivity index (χ1) is 12.8. The van der Waals surface area contributed by atoms with Crippen molar-refractivity contribution >= 4 is 15.9 Å². The Hall–Kier alpha value is -2.45. The molecule has 0 aliphatic rings. The summed E-state index contributed by atoms with van der Waals surface area (Å²) < 4.78 is 44.2. The molecule has 2 rings (SSSR count). The van der Waals surface area contributed by atoms with E-state index in [4.69, 9.17) is 4.74 Å². The van der Waals surface area contributed by atoms with Gasteiger partial charge in [-0.15, -0.1) is 0 Å². The second-order valence-corrected chi connectivity index (χ2v) is 8.02. The van der Waals surface area contributed by atoms with Crippen LogP contribution in [0.3, 0.4) is 0 Å². The van der Waals surface area contributed by atoms with Crippen LogP contribution in [0, 0.1) is 5.82 Å². The van der Waals surface area contributed by atoms with E-state index in [9.17, 15) is 17.6 Å². The molecular weight excluding hydrogens is 371 g/mol. The molecule has 146 valence electrons. The smallest absolute Gasteiger partial charge is 0.243 e. The largest absolute Gasteiger partial charge is 0.497 e. The lowest BCUT2D eigenvalue weighted by Gasteiger charge is -2.24. The number of hydrogen-bond acceptors (Lipinski definition) is 4. The van der Waals surface area contributed by atoms with E-state index in [0.29, 0.717) is 13.1 Å². The molecule has 0 saturated carbocycles. The molecule has 0 fully saturated rings. The zero-order valence-electron chi connectivity index (χ0n) is 15.6. The van der Waals surface area contributed by atoms with Gasteiger partial charge in [0.1, 0.15) is 11.6 Å². The SMILES string of the molecule is CCN(Cc1ccc(OC)cc1)C(=O)CN(C)S(=O)(=O)c1ccc(F)cc1. The van der Waals surface area contributed by atoms with Crippen LogP contribution in [0.25, 0.3) is 0 Å². The van der Waals surface area contributed by atoms with Crippen LogP contribution in [0.1, 0.15) is 12.5 Å². The van der Waals surface area contributed by atoms with Gasteiger partial charge in [0, 0.05) is 20.1 Å². The Morgan fingerprint density at radius 1 is 1.07 bits per heavy atom. The lowest BCUT2D eigenvalue weighted by Crippen LogP contribution is -2.40. The van der Waals surface area contributed by atoms with Crippen LogP contribution in [0.5, 0.6) is 5.75 Å². The summed E-state index contributed by atoms with van der Waals surface area (Å²) in [5, 5.41) is 0. The average molecular weight is 394 g/mol. The Kier molecular flexibility index (Phi) is 6.92. The standard InChI is InChI=1S/C19H23FN2O4S/c1-4-22(13-15-5-9-17(26-3)10-6-15)19(23)14-21(2)27(24,25)18-11-7-16(20)8-12-18/h5-12H,4,13-14H2,1-3H3. The Morgan fingerprint density at radius 2 is 1.67 bits per heavy atom. The van der Waals surface area contributed by atoms with Crippen LogP contribution in [0.15, 0.2) is 53.4 Å². The minimum absolute atomic E-state index is 0.0580. The number of rotatable bonds is 8. The van der Waals surface area contributed by atoms with Gasteiger partial charge in [-0.1, -0.05) is 12.1 Å².